The number of hydrogen-bond donors (Lipinski definition) is 2. The second-order valence-corrected chi connectivity index (χ2v) is 7.14. The molecule has 0 aliphatic heterocycles. The summed E-state index contributed by atoms with van der Waals surface area (Å²) in [6, 6.07) is 9.53. The molecule has 5 nitrogen and oxygen atoms in total. The Balaban J connectivity index is 1.64. The molecular formula is C18H17N3O2S. The molecule has 0 radical (unpaired) electrons. The zero-order chi connectivity index (χ0) is 16.7. The van der Waals surface area contributed by atoms with Crippen LogP contribution in [0.5, 0.6) is 0 Å². The largest absolute Gasteiger partial charge is 0.343 e. The van der Waals surface area contributed by atoms with Crippen LogP contribution in [0.4, 0.5) is 0 Å². The van der Waals surface area contributed by atoms with Crippen LogP contribution < -0.4 is 10.9 Å². The van der Waals surface area contributed by atoms with E-state index in [0.29, 0.717) is 10.2 Å². The molecule has 0 bridgehead atoms. The third-order valence-corrected chi connectivity index (χ3v) is 5.62. The molecule has 0 saturated heterocycles. The Bertz CT molecular complexity index is 975. The Morgan fingerprint density at radius 1 is 1.29 bits per heavy atom. The number of nitrogens with one attached hydrogen (secondary N) is 2. The minimum atomic E-state index is -0.362. The van der Waals surface area contributed by atoms with E-state index in [4.69, 9.17) is 0 Å². The van der Waals surface area contributed by atoms with Crippen LogP contribution in [-0.2, 0) is 12.8 Å². The highest BCUT2D eigenvalue weighted by atomic mass is 32.1. The van der Waals surface area contributed by atoms with Crippen molar-refractivity contribution >= 4 is 27.5 Å². The lowest BCUT2D eigenvalue weighted by molar-refractivity contribution is 0.0929. The molecular weight excluding hydrogens is 322 g/mol. The molecule has 3 aromatic rings. The van der Waals surface area contributed by atoms with Gasteiger partial charge in [0.1, 0.15) is 4.83 Å². The number of carbonyl (C=O) groups is 1. The van der Waals surface area contributed by atoms with Gasteiger partial charge >= 0.3 is 0 Å². The Hall–Kier alpha value is -2.47. The summed E-state index contributed by atoms with van der Waals surface area (Å²) in [6.07, 6.45) is 3.02. The van der Waals surface area contributed by atoms with Crippen molar-refractivity contribution in [2.45, 2.75) is 32.2 Å². The number of nitrogens with zero attached hydrogens (tertiary/aromatic N) is 1. The molecule has 2 N–H and O–H groups in total. The van der Waals surface area contributed by atoms with Gasteiger partial charge < -0.3 is 10.3 Å². The van der Waals surface area contributed by atoms with Crippen LogP contribution in [0.15, 0.2) is 35.1 Å². The summed E-state index contributed by atoms with van der Waals surface area (Å²) in [5, 5.41) is 3.55. The molecule has 2 heterocycles. The van der Waals surface area contributed by atoms with Crippen LogP contribution >= 0.6 is 11.3 Å². The molecule has 4 rings (SSSR count). The molecule has 1 atom stereocenters. The Morgan fingerprint density at radius 2 is 2.08 bits per heavy atom. The fourth-order valence-electron chi connectivity index (χ4n) is 3.20. The predicted octanol–water partition coefficient (Wildman–Crippen LogP) is 2.96. The van der Waals surface area contributed by atoms with E-state index < -0.39 is 0 Å². The molecule has 24 heavy (non-hydrogen) atoms. The number of aromatic nitrogens is 2. The zero-order valence-electron chi connectivity index (χ0n) is 13.3. The highest BCUT2D eigenvalue weighted by Gasteiger charge is 2.22. The van der Waals surface area contributed by atoms with Crippen molar-refractivity contribution < 1.29 is 4.79 Å². The van der Waals surface area contributed by atoms with Crippen molar-refractivity contribution in [1.29, 1.82) is 0 Å². The van der Waals surface area contributed by atoms with Crippen LogP contribution in [0, 0.1) is 0 Å². The Labute approximate surface area is 142 Å². The average molecular weight is 339 g/mol. The van der Waals surface area contributed by atoms with Crippen molar-refractivity contribution in [2.24, 2.45) is 0 Å². The predicted molar refractivity (Wildman–Crippen MR) is 94.6 cm³/mol. The quantitative estimate of drug-likeness (QED) is 0.770. The van der Waals surface area contributed by atoms with Crippen molar-refractivity contribution in [3.63, 3.8) is 0 Å². The summed E-state index contributed by atoms with van der Waals surface area (Å²) in [4.78, 5) is 33.8. The summed E-state index contributed by atoms with van der Waals surface area (Å²) in [7, 11) is 0. The minimum Gasteiger partial charge on any atom is -0.343 e. The second-order valence-electron chi connectivity index (χ2n) is 6.06. The van der Waals surface area contributed by atoms with Gasteiger partial charge in [-0.2, -0.15) is 0 Å². The number of aryl methyl sites for hydroxylation is 2. The van der Waals surface area contributed by atoms with E-state index >= 15 is 0 Å². The second kappa shape index (κ2) is 5.87. The number of thiophene rings is 1. The van der Waals surface area contributed by atoms with Gasteiger partial charge in [-0.1, -0.05) is 30.3 Å². The van der Waals surface area contributed by atoms with Gasteiger partial charge in [-0.05, 0) is 37.3 Å². The summed E-state index contributed by atoms with van der Waals surface area (Å²) >= 11 is 1.54. The normalized spacial score (nSPS) is 14.5. The lowest BCUT2D eigenvalue weighted by atomic mass is 10.1. The molecule has 122 valence electrons. The van der Waals surface area contributed by atoms with Gasteiger partial charge in [0.15, 0.2) is 0 Å². The van der Waals surface area contributed by atoms with E-state index in [2.05, 4.69) is 15.3 Å². The molecule has 0 spiro atoms. The lowest BCUT2D eigenvalue weighted by Crippen LogP contribution is -2.30. The topological polar surface area (TPSA) is 74.8 Å². The number of benzene rings is 1. The monoisotopic (exact) mass is 339 g/mol. The van der Waals surface area contributed by atoms with Gasteiger partial charge in [0, 0.05) is 4.88 Å². The first-order chi connectivity index (χ1) is 11.6. The first kappa shape index (κ1) is 15.1. The molecule has 1 aliphatic carbocycles. The number of rotatable bonds is 3. The van der Waals surface area contributed by atoms with Crippen LogP contribution in [0.2, 0.25) is 0 Å². The summed E-state index contributed by atoms with van der Waals surface area (Å²) in [6.45, 7) is 1.91. The van der Waals surface area contributed by atoms with E-state index in [9.17, 15) is 9.59 Å². The molecule has 0 fully saturated rings. The van der Waals surface area contributed by atoms with Gasteiger partial charge in [0.05, 0.1) is 11.4 Å². The summed E-state index contributed by atoms with van der Waals surface area (Å²) < 4.78 is 0. The minimum absolute atomic E-state index is 0.0789. The smallest absolute Gasteiger partial charge is 0.287 e. The van der Waals surface area contributed by atoms with Crippen molar-refractivity contribution in [1.82, 2.24) is 15.3 Å². The standard InChI is InChI=1S/C18H17N3O2S/c1-10(11-6-3-2-4-7-11)19-17(23)15-20-16(22)14-12-8-5-9-13(12)24-18(14)21-15/h2-4,6-7,10H,5,8-9H2,1H3,(H,19,23)(H,20,21,22)/t10-/m1/s1. The van der Waals surface area contributed by atoms with Crippen LogP contribution in [0.3, 0.4) is 0 Å². The van der Waals surface area contributed by atoms with Gasteiger partial charge in [0.2, 0.25) is 5.82 Å². The van der Waals surface area contributed by atoms with Gasteiger partial charge in [-0.3, -0.25) is 9.59 Å². The van der Waals surface area contributed by atoms with Gasteiger partial charge in [0.25, 0.3) is 11.5 Å². The lowest BCUT2D eigenvalue weighted by Gasteiger charge is -2.13. The molecule has 0 saturated carbocycles. The molecule has 2 aromatic heterocycles. The number of H-pyrrole nitrogens is 1. The number of hydrogen-bond acceptors (Lipinski definition) is 4. The van der Waals surface area contributed by atoms with Crippen LogP contribution in [-0.4, -0.2) is 15.9 Å². The first-order valence-corrected chi connectivity index (χ1v) is 8.85. The van der Waals surface area contributed by atoms with E-state index in [0.717, 1.165) is 30.4 Å². The summed E-state index contributed by atoms with van der Waals surface area (Å²) in [5.41, 5.74) is 1.91. The van der Waals surface area contributed by atoms with E-state index in [1.54, 1.807) is 0 Å². The van der Waals surface area contributed by atoms with Crippen LogP contribution in [0.25, 0.3) is 10.2 Å². The van der Waals surface area contributed by atoms with Crippen molar-refractivity contribution in [3.8, 4) is 0 Å². The number of aromatic amines is 1. The Kier molecular flexibility index (Phi) is 3.69. The van der Waals surface area contributed by atoms with E-state index in [1.807, 2.05) is 37.3 Å². The molecule has 1 aromatic carbocycles. The van der Waals surface area contributed by atoms with Crippen molar-refractivity contribution in [2.75, 3.05) is 0 Å². The molecule has 6 heteroatoms. The Morgan fingerprint density at radius 3 is 2.88 bits per heavy atom. The number of fused-ring (bicyclic) bond motifs is 3. The third-order valence-electron chi connectivity index (χ3n) is 4.44. The molecule has 0 unspecified atom stereocenters. The van der Waals surface area contributed by atoms with E-state index in [-0.39, 0.29) is 23.3 Å². The molecule has 1 aliphatic rings. The van der Waals surface area contributed by atoms with E-state index in [1.165, 1.54) is 16.2 Å². The number of carbonyl (C=O) groups excluding carboxylic acids is 1. The van der Waals surface area contributed by atoms with Crippen molar-refractivity contribution in [3.05, 3.63) is 62.5 Å². The fourth-order valence-corrected chi connectivity index (χ4v) is 4.46. The summed E-state index contributed by atoms with van der Waals surface area (Å²) in [5.74, 6) is -0.283. The maximum absolute atomic E-state index is 12.5. The third kappa shape index (κ3) is 2.53. The first-order valence-electron chi connectivity index (χ1n) is 8.04. The van der Waals surface area contributed by atoms with Gasteiger partial charge in [-0.25, -0.2) is 4.98 Å². The molecule has 1 amide bonds. The van der Waals surface area contributed by atoms with Crippen LogP contribution in [0.1, 0.15) is 46.0 Å². The number of amides is 1. The SMILES string of the molecule is C[C@@H](NC(=O)c1nc2sc3c(c2c(=O)[nH]1)CCC3)c1ccccc1. The highest BCUT2D eigenvalue weighted by molar-refractivity contribution is 7.18. The zero-order valence-corrected chi connectivity index (χ0v) is 14.1. The highest BCUT2D eigenvalue weighted by Crippen LogP contribution is 2.34. The van der Waals surface area contributed by atoms with Gasteiger partial charge in [-0.15, -0.1) is 11.3 Å². The fraction of sp³-hybridized carbons (Fsp3) is 0.278. The maximum Gasteiger partial charge on any atom is 0.287 e. The maximum atomic E-state index is 12.5. The average Bonchev–Trinajstić information content (AvgIpc) is 3.15.